The Kier molecular flexibility index (Phi) is 5.25. The summed E-state index contributed by atoms with van der Waals surface area (Å²) in [5.74, 6) is 0.161. The van der Waals surface area contributed by atoms with Gasteiger partial charge in [0.2, 0.25) is 5.91 Å². The lowest BCUT2D eigenvalue weighted by Crippen LogP contribution is -2.38. The number of amides is 1. The highest BCUT2D eigenvalue weighted by atomic mass is 32.2. The Balaban J connectivity index is 2.00. The zero-order valence-corrected chi connectivity index (χ0v) is 16.5. The van der Waals surface area contributed by atoms with Gasteiger partial charge in [-0.3, -0.25) is 4.79 Å². The van der Waals surface area contributed by atoms with Crippen molar-refractivity contribution >= 4 is 38.4 Å². The SMILES string of the molecule is CCCCC(=O)N=C1S[C@H]2CS(=O)(=O)C[C@H]2N1c1cccc(C)c1C. The van der Waals surface area contributed by atoms with Crippen LogP contribution in [-0.2, 0) is 14.6 Å². The van der Waals surface area contributed by atoms with Crippen LogP contribution in [0.2, 0.25) is 0 Å². The number of fused-ring (bicyclic) bond motifs is 1. The van der Waals surface area contributed by atoms with Crippen LogP contribution in [0.3, 0.4) is 0 Å². The molecule has 2 aliphatic heterocycles. The molecule has 0 N–H and O–H groups in total. The van der Waals surface area contributed by atoms with Gasteiger partial charge in [0.25, 0.3) is 0 Å². The van der Waals surface area contributed by atoms with Gasteiger partial charge in [0.15, 0.2) is 15.0 Å². The third-order valence-electron chi connectivity index (χ3n) is 4.87. The molecule has 0 saturated carbocycles. The Labute approximate surface area is 153 Å². The maximum atomic E-state index is 12.2. The van der Waals surface area contributed by atoms with Crippen molar-refractivity contribution in [2.75, 3.05) is 16.4 Å². The standard InChI is InChI=1S/C18H24N2O3S2/c1-4-5-9-17(21)19-18-20(14-8-6-7-12(2)13(14)3)15-10-25(22,23)11-16(15)24-18/h6-8,15-16H,4-5,9-11H2,1-3H3/t15-,16+/m1/s1. The van der Waals surface area contributed by atoms with Gasteiger partial charge in [-0.25, -0.2) is 8.42 Å². The Bertz CT molecular complexity index is 818. The molecule has 7 heteroatoms. The summed E-state index contributed by atoms with van der Waals surface area (Å²) in [5, 5.41) is 0.599. The quantitative estimate of drug-likeness (QED) is 0.803. The number of anilines is 1. The van der Waals surface area contributed by atoms with Crippen molar-refractivity contribution in [3.8, 4) is 0 Å². The molecule has 2 saturated heterocycles. The van der Waals surface area contributed by atoms with Crippen molar-refractivity contribution in [2.45, 2.75) is 51.3 Å². The molecule has 1 aromatic carbocycles. The summed E-state index contributed by atoms with van der Waals surface area (Å²) in [6.07, 6.45) is 2.22. The lowest BCUT2D eigenvalue weighted by atomic mass is 10.1. The normalized spacial score (nSPS) is 26.2. The van der Waals surface area contributed by atoms with Gasteiger partial charge in [-0.15, -0.1) is 0 Å². The minimum absolute atomic E-state index is 0.0531. The van der Waals surface area contributed by atoms with Crippen LogP contribution in [0, 0.1) is 13.8 Å². The number of amidine groups is 1. The zero-order chi connectivity index (χ0) is 18.2. The maximum Gasteiger partial charge on any atom is 0.248 e. The fraction of sp³-hybridized carbons (Fsp3) is 0.556. The van der Waals surface area contributed by atoms with Gasteiger partial charge < -0.3 is 4.90 Å². The molecule has 0 spiro atoms. The minimum atomic E-state index is -3.04. The minimum Gasteiger partial charge on any atom is -0.315 e. The molecular formula is C18H24N2O3S2. The maximum absolute atomic E-state index is 12.2. The monoisotopic (exact) mass is 380 g/mol. The first-order valence-corrected chi connectivity index (χ1v) is 11.4. The fourth-order valence-electron chi connectivity index (χ4n) is 3.33. The van der Waals surface area contributed by atoms with Gasteiger partial charge in [-0.05, 0) is 37.5 Å². The molecule has 1 amide bonds. The molecule has 0 bridgehead atoms. The molecule has 2 heterocycles. The highest BCUT2D eigenvalue weighted by Gasteiger charge is 2.49. The van der Waals surface area contributed by atoms with E-state index in [2.05, 4.69) is 4.99 Å². The predicted molar refractivity (Wildman–Crippen MR) is 104 cm³/mol. The summed E-state index contributed by atoms with van der Waals surface area (Å²) in [6, 6.07) is 5.85. The molecule has 5 nitrogen and oxygen atoms in total. The number of carbonyl (C=O) groups is 1. The van der Waals surface area contributed by atoms with Gasteiger partial charge >= 0.3 is 0 Å². The first kappa shape index (κ1) is 18.5. The number of aliphatic imine (C=N–C) groups is 1. The van der Waals surface area contributed by atoms with Gasteiger partial charge in [0.1, 0.15) is 0 Å². The zero-order valence-electron chi connectivity index (χ0n) is 14.9. The number of thioether (sulfide) groups is 1. The van der Waals surface area contributed by atoms with Crippen molar-refractivity contribution in [3.63, 3.8) is 0 Å². The molecule has 1 aromatic rings. The van der Waals surface area contributed by atoms with Crippen molar-refractivity contribution in [3.05, 3.63) is 29.3 Å². The Morgan fingerprint density at radius 1 is 1.32 bits per heavy atom. The van der Waals surface area contributed by atoms with Crippen LogP contribution in [0.4, 0.5) is 5.69 Å². The summed E-state index contributed by atoms with van der Waals surface area (Å²) < 4.78 is 24.2. The smallest absolute Gasteiger partial charge is 0.248 e. The number of hydrogen-bond donors (Lipinski definition) is 0. The number of benzene rings is 1. The van der Waals surface area contributed by atoms with Crippen molar-refractivity contribution < 1.29 is 13.2 Å². The number of aryl methyl sites for hydroxylation is 1. The van der Waals surface area contributed by atoms with E-state index in [-0.39, 0.29) is 28.7 Å². The van der Waals surface area contributed by atoms with Crippen LogP contribution in [0.1, 0.15) is 37.3 Å². The molecular weight excluding hydrogens is 356 g/mol. The molecule has 0 aromatic heterocycles. The average Bonchev–Trinajstić information content (AvgIpc) is 2.99. The number of nitrogens with zero attached hydrogens (tertiary/aromatic N) is 2. The lowest BCUT2D eigenvalue weighted by molar-refractivity contribution is -0.117. The van der Waals surface area contributed by atoms with Gasteiger partial charge in [0.05, 0.1) is 17.5 Å². The van der Waals surface area contributed by atoms with E-state index in [1.807, 2.05) is 43.9 Å². The first-order chi connectivity index (χ1) is 11.8. The first-order valence-electron chi connectivity index (χ1n) is 8.66. The number of hydrogen-bond acceptors (Lipinski definition) is 4. The highest BCUT2D eigenvalue weighted by Crippen LogP contribution is 2.42. The largest absolute Gasteiger partial charge is 0.315 e. The molecule has 0 radical (unpaired) electrons. The Morgan fingerprint density at radius 3 is 2.80 bits per heavy atom. The molecule has 25 heavy (non-hydrogen) atoms. The molecule has 3 rings (SSSR count). The number of carbonyl (C=O) groups excluding carboxylic acids is 1. The molecule has 2 fully saturated rings. The Hall–Kier alpha value is -1.34. The second kappa shape index (κ2) is 7.11. The summed E-state index contributed by atoms with van der Waals surface area (Å²) in [7, 11) is -3.04. The van der Waals surface area contributed by atoms with E-state index in [0.717, 1.165) is 29.7 Å². The Morgan fingerprint density at radius 2 is 2.08 bits per heavy atom. The molecule has 2 atom stereocenters. The fourth-order valence-corrected chi connectivity index (χ4v) is 7.26. The molecule has 0 unspecified atom stereocenters. The van der Waals surface area contributed by atoms with E-state index in [4.69, 9.17) is 0 Å². The van der Waals surface area contributed by atoms with Crippen LogP contribution >= 0.6 is 11.8 Å². The van der Waals surface area contributed by atoms with Crippen molar-refractivity contribution in [1.82, 2.24) is 0 Å². The third kappa shape index (κ3) is 3.77. The molecule has 0 aliphatic carbocycles. The van der Waals surface area contributed by atoms with E-state index < -0.39 is 9.84 Å². The van der Waals surface area contributed by atoms with Crippen LogP contribution < -0.4 is 4.90 Å². The summed E-state index contributed by atoms with van der Waals surface area (Å²) in [5.41, 5.74) is 3.20. The summed E-state index contributed by atoms with van der Waals surface area (Å²) in [4.78, 5) is 18.5. The van der Waals surface area contributed by atoms with E-state index in [0.29, 0.717) is 11.6 Å². The van der Waals surface area contributed by atoms with Crippen molar-refractivity contribution in [1.29, 1.82) is 0 Å². The lowest BCUT2D eigenvalue weighted by Gasteiger charge is -2.26. The van der Waals surface area contributed by atoms with Gasteiger partial charge in [-0.1, -0.05) is 37.2 Å². The highest BCUT2D eigenvalue weighted by molar-refractivity contribution is 8.16. The van der Waals surface area contributed by atoms with E-state index in [1.54, 1.807) is 0 Å². The van der Waals surface area contributed by atoms with Crippen LogP contribution in [0.5, 0.6) is 0 Å². The average molecular weight is 381 g/mol. The van der Waals surface area contributed by atoms with Crippen LogP contribution in [0.25, 0.3) is 0 Å². The number of sulfone groups is 1. The predicted octanol–water partition coefficient (Wildman–Crippen LogP) is 3.10. The summed E-state index contributed by atoms with van der Waals surface area (Å²) >= 11 is 1.44. The number of rotatable bonds is 4. The van der Waals surface area contributed by atoms with E-state index >= 15 is 0 Å². The second-order valence-electron chi connectivity index (χ2n) is 6.78. The van der Waals surface area contributed by atoms with Crippen molar-refractivity contribution in [2.24, 2.45) is 4.99 Å². The van der Waals surface area contributed by atoms with E-state index in [9.17, 15) is 13.2 Å². The topological polar surface area (TPSA) is 66.8 Å². The second-order valence-corrected chi connectivity index (χ2v) is 10.1. The van der Waals surface area contributed by atoms with E-state index in [1.165, 1.54) is 11.8 Å². The van der Waals surface area contributed by atoms with Crippen LogP contribution in [-0.4, -0.2) is 42.3 Å². The molecule has 136 valence electrons. The number of unbranched alkanes of at least 4 members (excludes halogenated alkanes) is 1. The molecule has 2 aliphatic rings. The van der Waals surface area contributed by atoms with Gasteiger partial charge in [-0.2, -0.15) is 4.99 Å². The third-order valence-corrected chi connectivity index (χ3v) is 8.08. The summed E-state index contributed by atoms with van der Waals surface area (Å²) in [6.45, 7) is 6.11. The van der Waals surface area contributed by atoms with Gasteiger partial charge in [0, 0.05) is 17.4 Å². The van der Waals surface area contributed by atoms with Crippen LogP contribution in [0.15, 0.2) is 23.2 Å².